The van der Waals surface area contributed by atoms with Crippen LogP contribution in [0.15, 0.2) is 23.0 Å². The van der Waals surface area contributed by atoms with Gasteiger partial charge in [-0.25, -0.2) is 4.98 Å². The van der Waals surface area contributed by atoms with Crippen LogP contribution >= 0.6 is 11.3 Å². The van der Waals surface area contributed by atoms with E-state index in [1.807, 2.05) is 19.1 Å². The van der Waals surface area contributed by atoms with Crippen molar-refractivity contribution in [2.75, 3.05) is 13.7 Å². The number of thiophene rings is 1. The minimum Gasteiger partial charge on any atom is -0.544 e. The molecule has 0 radical (unpaired) electrons. The third kappa shape index (κ3) is 3.70. The molecule has 0 fully saturated rings. The number of fused-ring (bicyclic) bond motifs is 1. The second-order valence-electron chi connectivity index (χ2n) is 5.65. The van der Waals surface area contributed by atoms with Crippen LogP contribution in [-0.2, 0) is 0 Å². The summed E-state index contributed by atoms with van der Waals surface area (Å²) in [6.45, 7) is 3.96. The minimum absolute atomic E-state index is 0.0145. The fourth-order valence-corrected chi connectivity index (χ4v) is 3.70. The molecule has 1 N–H and O–H groups in total. The highest BCUT2D eigenvalue weighted by atomic mass is 32.1. The topological polar surface area (TPSA) is 104 Å². The van der Waals surface area contributed by atoms with E-state index in [4.69, 9.17) is 9.47 Å². The predicted molar refractivity (Wildman–Crippen MR) is 102 cm³/mol. The standard InChI is InChI=1S/C19H18N2O5S/c1-4-26-13-9-11(5-7-12(13)25-3)6-8-14-20-17(22)15-10(2)16(19(23)24)27-18(15)21-14/h5-9H,4H2,1-3H3,(H,23,24)(H,20,21,22)/p-1/b8-6+. The van der Waals surface area contributed by atoms with Gasteiger partial charge in [0.15, 0.2) is 11.5 Å². The number of nitrogens with one attached hydrogen (secondary N) is 1. The molecular weight excluding hydrogens is 368 g/mol. The molecule has 0 saturated heterocycles. The van der Waals surface area contributed by atoms with Crippen LogP contribution in [0.3, 0.4) is 0 Å². The van der Waals surface area contributed by atoms with Gasteiger partial charge in [-0.15, -0.1) is 11.3 Å². The van der Waals surface area contributed by atoms with E-state index in [0.717, 1.165) is 16.9 Å². The second kappa shape index (κ2) is 7.63. The zero-order valence-corrected chi connectivity index (χ0v) is 15.8. The lowest BCUT2D eigenvalue weighted by Gasteiger charge is -2.09. The number of carbonyl (C=O) groups is 1. The molecular formula is C19H17N2O5S-. The van der Waals surface area contributed by atoms with Gasteiger partial charge in [0.25, 0.3) is 5.56 Å². The first-order valence-corrected chi connectivity index (χ1v) is 9.00. The maximum Gasteiger partial charge on any atom is 0.260 e. The third-order valence-electron chi connectivity index (χ3n) is 3.93. The van der Waals surface area contributed by atoms with Crippen LogP contribution < -0.4 is 20.1 Å². The number of H-pyrrole nitrogens is 1. The van der Waals surface area contributed by atoms with Crippen LogP contribution in [0.25, 0.3) is 22.4 Å². The number of aryl methyl sites for hydroxylation is 1. The van der Waals surface area contributed by atoms with Crippen LogP contribution in [0.4, 0.5) is 0 Å². The second-order valence-corrected chi connectivity index (χ2v) is 6.65. The molecule has 0 atom stereocenters. The van der Waals surface area contributed by atoms with E-state index < -0.39 is 5.97 Å². The van der Waals surface area contributed by atoms with Gasteiger partial charge in [-0.05, 0) is 43.2 Å². The first-order chi connectivity index (χ1) is 12.9. The van der Waals surface area contributed by atoms with Crippen molar-refractivity contribution in [1.29, 1.82) is 0 Å². The molecule has 7 nitrogen and oxygen atoms in total. The molecule has 2 heterocycles. The molecule has 0 aliphatic carbocycles. The molecule has 0 spiro atoms. The molecule has 2 aromatic heterocycles. The van der Waals surface area contributed by atoms with Crippen LogP contribution in [0, 0.1) is 6.92 Å². The van der Waals surface area contributed by atoms with E-state index in [0.29, 0.717) is 34.3 Å². The minimum atomic E-state index is -1.31. The van der Waals surface area contributed by atoms with Crippen LogP contribution in [-0.4, -0.2) is 29.7 Å². The summed E-state index contributed by atoms with van der Waals surface area (Å²) in [5.74, 6) is 0.262. The SMILES string of the molecule is CCOc1cc(/C=C/c2nc3sc(C(=O)[O-])c(C)c3c(=O)[nH]2)ccc1OC. The van der Waals surface area contributed by atoms with E-state index >= 15 is 0 Å². The number of ether oxygens (including phenoxy) is 2. The summed E-state index contributed by atoms with van der Waals surface area (Å²) in [6.07, 6.45) is 3.41. The lowest BCUT2D eigenvalue weighted by Crippen LogP contribution is -2.21. The van der Waals surface area contributed by atoms with Crippen LogP contribution in [0.1, 0.15) is 33.5 Å². The van der Waals surface area contributed by atoms with Crippen LogP contribution in [0.5, 0.6) is 11.5 Å². The number of rotatable bonds is 6. The summed E-state index contributed by atoms with van der Waals surface area (Å²) in [4.78, 5) is 30.8. The number of aromatic nitrogens is 2. The number of carbonyl (C=O) groups excluding carboxylic acids is 1. The molecule has 0 saturated carbocycles. The molecule has 0 amide bonds. The summed E-state index contributed by atoms with van der Waals surface area (Å²) >= 11 is 0.932. The highest BCUT2D eigenvalue weighted by molar-refractivity contribution is 7.20. The number of hydrogen-bond acceptors (Lipinski definition) is 7. The van der Waals surface area contributed by atoms with E-state index in [-0.39, 0.29) is 15.8 Å². The van der Waals surface area contributed by atoms with Gasteiger partial charge >= 0.3 is 0 Å². The molecule has 8 heteroatoms. The van der Waals surface area contributed by atoms with Crippen molar-refractivity contribution in [1.82, 2.24) is 9.97 Å². The number of benzene rings is 1. The lowest BCUT2D eigenvalue weighted by atomic mass is 10.2. The Balaban J connectivity index is 1.98. The molecule has 0 aliphatic heterocycles. The van der Waals surface area contributed by atoms with Crippen LogP contribution in [0.2, 0.25) is 0 Å². The highest BCUT2D eigenvalue weighted by Gasteiger charge is 2.14. The maximum atomic E-state index is 12.3. The molecule has 27 heavy (non-hydrogen) atoms. The number of aromatic carboxylic acids is 1. The quantitative estimate of drug-likeness (QED) is 0.698. The highest BCUT2D eigenvalue weighted by Crippen LogP contribution is 2.29. The molecule has 0 unspecified atom stereocenters. The largest absolute Gasteiger partial charge is 0.544 e. The third-order valence-corrected chi connectivity index (χ3v) is 5.09. The van der Waals surface area contributed by atoms with E-state index in [2.05, 4.69) is 9.97 Å². The Morgan fingerprint density at radius 1 is 1.33 bits per heavy atom. The molecule has 0 aliphatic rings. The van der Waals surface area contributed by atoms with Crippen molar-refractivity contribution in [2.24, 2.45) is 0 Å². The summed E-state index contributed by atoms with van der Waals surface area (Å²) in [7, 11) is 1.57. The van der Waals surface area contributed by atoms with Crippen molar-refractivity contribution in [2.45, 2.75) is 13.8 Å². The first-order valence-electron chi connectivity index (χ1n) is 8.18. The normalized spacial score (nSPS) is 11.2. The smallest absolute Gasteiger partial charge is 0.260 e. The van der Waals surface area contributed by atoms with Gasteiger partial charge in [0.05, 0.1) is 29.9 Å². The summed E-state index contributed by atoms with van der Waals surface area (Å²) in [5, 5.41) is 11.4. The Morgan fingerprint density at radius 2 is 2.11 bits per heavy atom. The number of hydrogen-bond donors (Lipinski definition) is 1. The maximum absolute atomic E-state index is 12.3. The molecule has 3 rings (SSSR count). The average molecular weight is 385 g/mol. The summed E-state index contributed by atoms with van der Waals surface area (Å²) in [6, 6.07) is 5.45. The Labute approximate surface area is 158 Å². The Kier molecular flexibility index (Phi) is 5.27. The monoisotopic (exact) mass is 385 g/mol. The fraction of sp³-hybridized carbons (Fsp3) is 0.211. The van der Waals surface area contributed by atoms with E-state index in [9.17, 15) is 14.7 Å². The van der Waals surface area contributed by atoms with Crippen molar-refractivity contribution < 1.29 is 19.4 Å². The number of methoxy groups -OCH3 is 1. The number of carboxylic acid groups (broad SMARTS) is 1. The molecule has 140 valence electrons. The van der Waals surface area contributed by atoms with Gasteiger partial charge in [-0.1, -0.05) is 12.1 Å². The first kappa shape index (κ1) is 18.7. The number of aromatic amines is 1. The Bertz CT molecular complexity index is 1100. The lowest BCUT2D eigenvalue weighted by molar-refractivity contribution is -0.254. The zero-order valence-electron chi connectivity index (χ0n) is 15.0. The van der Waals surface area contributed by atoms with Gasteiger partial charge < -0.3 is 24.4 Å². The zero-order chi connectivity index (χ0) is 19.6. The average Bonchev–Trinajstić information content (AvgIpc) is 2.98. The number of carboxylic acids is 1. The summed E-state index contributed by atoms with van der Waals surface area (Å²) in [5.41, 5.74) is 0.821. The van der Waals surface area contributed by atoms with Gasteiger partial charge in [0.2, 0.25) is 0 Å². The molecule has 0 bridgehead atoms. The Morgan fingerprint density at radius 3 is 2.78 bits per heavy atom. The van der Waals surface area contributed by atoms with Gasteiger partial charge in [0.1, 0.15) is 10.7 Å². The van der Waals surface area contributed by atoms with Crippen molar-refractivity contribution in [3.8, 4) is 11.5 Å². The van der Waals surface area contributed by atoms with Gasteiger partial charge in [0, 0.05) is 0 Å². The summed E-state index contributed by atoms with van der Waals surface area (Å²) < 4.78 is 10.8. The van der Waals surface area contributed by atoms with Crippen molar-refractivity contribution in [3.63, 3.8) is 0 Å². The van der Waals surface area contributed by atoms with Crippen molar-refractivity contribution in [3.05, 3.63) is 50.4 Å². The van der Waals surface area contributed by atoms with Gasteiger partial charge in [-0.2, -0.15) is 0 Å². The van der Waals surface area contributed by atoms with E-state index in [1.54, 1.807) is 32.3 Å². The van der Waals surface area contributed by atoms with Crippen molar-refractivity contribution >= 4 is 39.7 Å². The molecule has 1 aromatic carbocycles. The van der Waals surface area contributed by atoms with E-state index in [1.165, 1.54) is 0 Å². The molecule has 3 aromatic rings. The predicted octanol–water partition coefficient (Wildman–Crippen LogP) is 2.23. The number of nitrogens with zero attached hydrogens (tertiary/aromatic N) is 1. The fourth-order valence-electron chi connectivity index (χ4n) is 2.67. The Hall–Kier alpha value is -3.13. The van der Waals surface area contributed by atoms with Gasteiger partial charge in [-0.3, -0.25) is 4.79 Å².